The van der Waals surface area contributed by atoms with E-state index in [-0.39, 0.29) is 5.91 Å². The number of carbonyl (C=O) groups excluding carboxylic acids is 1. The van der Waals surface area contributed by atoms with Crippen molar-refractivity contribution >= 4 is 17.1 Å². The molecule has 5 heteroatoms. The van der Waals surface area contributed by atoms with E-state index in [0.717, 1.165) is 34.7 Å². The number of aromatic nitrogens is 3. The maximum absolute atomic E-state index is 12.2. The number of pyridine rings is 1. The third kappa shape index (κ3) is 3.31. The molecule has 0 saturated heterocycles. The molecular weight excluding hydrogens is 336 g/mol. The van der Waals surface area contributed by atoms with Gasteiger partial charge in [-0.05, 0) is 42.8 Å². The van der Waals surface area contributed by atoms with Gasteiger partial charge in [0, 0.05) is 29.6 Å². The first-order valence-corrected chi connectivity index (χ1v) is 9.05. The van der Waals surface area contributed by atoms with Crippen LogP contribution in [0.3, 0.4) is 0 Å². The number of benzene rings is 2. The smallest absolute Gasteiger partial charge is 0.251 e. The molecule has 0 spiro atoms. The lowest BCUT2D eigenvalue weighted by Gasteiger charge is -2.10. The highest BCUT2D eigenvalue weighted by atomic mass is 16.1. The van der Waals surface area contributed by atoms with Crippen LogP contribution in [0.15, 0.2) is 72.9 Å². The molecule has 4 aromatic rings. The largest absolute Gasteiger partial charge is 0.352 e. The molecule has 1 N–H and O–H groups in total. The maximum atomic E-state index is 12.2. The molecule has 0 aliphatic carbocycles. The summed E-state index contributed by atoms with van der Waals surface area (Å²) in [7, 11) is 0. The molecule has 0 atom stereocenters. The Morgan fingerprint density at radius 2 is 1.78 bits per heavy atom. The second kappa shape index (κ2) is 7.41. The Morgan fingerprint density at radius 3 is 2.52 bits per heavy atom. The third-order valence-corrected chi connectivity index (χ3v) is 4.37. The Bertz CT molecular complexity index is 1070. The van der Waals surface area contributed by atoms with Gasteiger partial charge in [0.2, 0.25) is 0 Å². The first-order valence-electron chi connectivity index (χ1n) is 9.05. The van der Waals surface area contributed by atoms with Gasteiger partial charge in [0.25, 0.3) is 5.91 Å². The van der Waals surface area contributed by atoms with Crippen molar-refractivity contribution in [3.8, 4) is 17.1 Å². The zero-order valence-corrected chi connectivity index (χ0v) is 15.1. The number of rotatable bonds is 5. The molecule has 0 radical (unpaired) electrons. The average Bonchev–Trinajstić information content (AvgIpc) is 3.12. The van der Waals surface area contributed by atoms with E-state index in [9.17, 15) is 4.79 Å². The Balaban J connectivity index is 1.80. The van der Waals surface area contributed by atoms with Crippen molar-refractivity contribution in [2.75, 3.05) is 6.54 Å². The normalized spacial score (nSPS) is 10.9. The first-order chi connectivity index (χ1) is 13.3. The van der Waals surface area contributed by atoms with E-state index in [1.807, 2.05) is 78.2 Å². The molecule has 0 saturated carbocycles. The van der Waals surface area contributed by atoms with Gasteiger partial charge in [-0.1, -0.05) is 37.3 Å². The summed E-state index contributed by atoms with van der Waals surface area (Å²) in [6.45, 7) is 2.71. The lowest BCUT2D eigenvalue weighted by molar-refractivity contribution is 0.0953. The van der Waals surface area contributed by atoms with Crippen LogP contribution in [0.1, 0.15) is 23.7 Å². The van der Waals surface area contributed by atoms with Gasteiger partial charge in [0.05, 0.1) is 0 Å². The predicted molar refractivity (Wildman–Crippen MR) is 107 cm³/mol. The number of hydrogen-bond donors (Lipinski definition) is 1. The number of fused-ring (bicyclic) bond motifs is 1. The Labute approximate surface area is 157 Å². The lowest BCUT2D eigenvalue weighted by Crippen LogP contribution is -2.23. The van der Waals surface area contributed by atoms with Gasteiger partial charge in [0.1, 0.15) is 11.3 Å². The first kappa shape index (κ1) is 17.0. The number of nitrogens with zero attached hydrogens (tertiary/aromatic N) is 3. The monoisotopic (exact) mass is 356 g/mol. The van der Waals surface area contributed by atoms with Crippen molar-refractivity contribution in [1.82, 2.24) is 19.9 Å². The molecule has 0 bridgehead atoms. The summed E-state index contributed by atoms with van der Waals surface area (Å²) in [6, 6.07) is 21.4. The number of nitrogens with one attached hydrogen (secondary N) is 1. The predicted octanol–water partition coefficient (Wildman–Crippen LogP) is 4.23. The van der Waals surface area contributed by atoms with Crippen LogP contribution in [0.5, 0.6) is 0 Å². The van der Waals surface area contributed by atoms with E-state index in [2.05, 4.69) is 10.3 Å². The highest BCUT2D eigenvalue weighted by Gasteiger charge is 2.15. The van der Waals surface area contributed by atoms with Crippen molar-refractivity contribution in [1.29, 1.82) is 0 Å². The number of carbonyl (C=O) groups is 1. The van der Waals surface area contributed by atoms with Crippen LogP contribution in [0, 0.1) is 0 Å². The van der Waals surface area contributed by atoms with E-state index in [1.165, 1.54) is 0 Å². The SMILES string of the molecule is CCCNC(=O)c1ccc(-n2c(-c3ccccc3)nc3cccnc32)cc1. The summed E-state index contributed by atoms with van der Waals surface area (Å²) in [5.41, 5.74) is 4.20. The molecular formula is C22H20N4O. The van der Waals surface area contributed by atoms with E-state index in [0.29, 0.717) is 12.1 Å². The molecule has 27 heavy (non-hydrogen) atoms. The van der Waals surface area contributed by atoms with Crippen LogP contribution >= 0.6 is 0 Å². The number of amides is 1. The van der Waals surface area contributed by atoms with Gasteiger partial charge >= 0.3 is 0 Å². The van der Waals surface area contributed by atoms with E-state index in [4.69, 9.17) is 4.98 Å². The van der Waals surface area contributed by atoms with Crippen LogP contribution in [0.4, 0.5) is 0 Å². The number of hydrogen-bond acceptors (Lipinski definition) is 3. The summed E-state index contributed by atoms with van der Waals surface area (Å²) in [5, 5.41) is 2.90. The minimum atomic E-state index is -0.0553. The van der Waals surface area contributed by atoms with Crippen LogP contribution in [-0.2, 0) is 0 Å². The second-order valence-corrected chi connectivity index (χ2v) is 6.29. The highest BCUT2D eigenvalue weighted by Crippen LogP contribution is 2.27. The molecule has 0 fully saturated rings. The lowest BCUT2D eigenvalue weighted by atomic mass is 10.1. The standard InChI is InChI=1S/C22H20N4O/c1-2-14-24-22(27)17-10-12-18(13-11-17)26-20(16-7-4-3-5-8-16)25-19-9-6-15-23-21(19)26/h3-13,15H,2,14H2,1H3,(H,24,27). The molecule has 2 heterocycles. The van der Waals surface area contributed by atoms with Gasteiger partial charge in [-0.3, -0.25) is 9.36 Å². The van der Waals surface area contributed by atoms with Crippen molar-refractivity contribution in [3.63, 3.8) is 0 Å². The fraction of sp³-hybridized carbons (Fsp3) is 0.136. The average molecular weight is 356 g/mol. The summed E-state index contributed by atoms with van der Waals surface area (Å²) >= 11 is 0. The molecule has 1 amide bonds. The quantitative estimate of drug-likeness (QED) is 0.582. The Kier molecular flexibility index (Phi) is 4.66. The van der Waals surface area contributed by atoms with Crippen LogP contribution in [-0.4, -0.2) is 27.0 Å². The zero-order chi connectivity index (χ0) is 18.6. The van der Waals surface area contributed by atoms with Crippen molar-refractivity contribution in [2.24, 2.45) is 0 Å². The van der Waals surface area contributed by atoms with E-state index in [1.54, 1.807) is 6.20 Å². The maximum Gasteiger partial charge on any atom is 0.251 e. The molecule has 5 nitrogen and oxygen atoms in total. The molecule has 0 unspecified atom stereocenters. The van der Waals surface area contributed by atoms with Gasteiger partial charge < -0.3 is 5.32 Å². The Morgan fingerprint density at radius 1 is 1.00 bits per heavy atom. The minimum Gasteiger partial charge on any atom is -0.352 e. The summed E-state index contributed by atoms with van der Waals surface area (Å²) in [6.07, 6.45) is 2.68. The molecule has 2 aromatic carbocycles. The summed E-state index contributed by atoms with van der Waals surface area (Å²) in [4.78, 5) is 21.5. The molecule has 4 rings (SSSR count). The van der Waals surface area contributed by atoms with Gasteiger partial charge in [-0.2, -0.15) is 0 Å². The molecule has 2 aromatic heterocycles. The van der Waals surface area contributed by atoms with Gasteiger partial charge in [0.15, 0.2) is 5.65 Å². The number of imidazole rings is 1. The molecule has 0 aliphatic heterocycles. The zero-order valence-electron chi connectivity index (χ0n) is 15.1. The van der Waals surface area contributed by atoms with Crippen molar-refractivity contribution in [2.45, 2.75) is 13.3 Å². The molecule has 134 valence electrons. The van der Waals surface area contributed by atoms with Crippen LogP contribution < -0.4 is 5.32 Å². The minimum absolute atomic E-state index is 0.0553. The topological polar surface area (TPSA) is 59.8 Å². The third-order valence-electron chi connectivity index (χ3n) is 4.37. The fourth-order valence-corrected chi connectivity index (χ4v) is 3.04. The highest BCUT2D eigenvalue weighted by molar-refractivity contribution is 5.94. The Hall–Kier alpha value is -3.47. The second-order valence-electron chi connectivity index (χ2n) is 6.29. The van der Waals surface area contributed by atoms with Gasteiger partial charge in [-0.15, -0.1) is 0 Å². The van der Waals surface area contributed by atoms with Crippen molar-refractivity contribution in [3.05, 3.63) is 78.5 Å². The van der Waals surface area contributed by atoms with Gasteiger partial charge in [-0.25, -0.2) is 9.97 Å². The molecule has 0 aliphatic rings. The summed E-state index contributed by atoms with van der Waals surface area (Å²) in [5.74, 6) is 0.771. The summed E-state index contributed by atoms with van der Waals surface area (Å²) < 4.78 is 2.03. The fourth-order valence-electron chi connectivity index (χ4n) is 3.04. The van der Waals surface area contributed by atoms with E-state index >= 15 is 0 Å². The van der Waals surface area contributed by atoms with Crippen molar-refractivity contribution < 1.29 is 4.79 Å². The van der Waals surface area contributed by atoms with E-state index < -0.39 is 0 Å². The van der Waals surface area contributed by atoms with Crippen LogP contribution in [0.2, 0.25) is 0 Å². The van der Waals surface area contributed by atoms with Crippen LogP contribution in [0.25, 0.3) is 28.2 Å².